The van der Waals surface area contributed by atoms with Gasteiger partial charge >= 0.3 is 0 Å². The van der Waals surface area contributed by atoms with E-state index in [2.05, 4.69) is 118 Å². The Bertz CT molecular complexity index is 814. The van der Waals surface area contributed by atoms with Gasteiger partial charge in [-0.15, -0.1) is 0 Å². The van der Waals surface area contributed by atoms with Gasteiger partial charge in [0.05, 0.1) is 0 Å². The molecule has 0 spiro atoms. The first-order valence-electron chi connectivity index (χ1n) is 12.3. The molecule has 0 bridgehead atoms. The lowest BCUT2D eigenvalue weighted by atomic mass is 9.77. The van der Waals surface area contributed by atoms with E-state index in [0.717, 1.165) is 37.6 Å². The fraction of sp³-hybridized carbons (Fsp3) is 0.880. The van der Waals surface area contributed by atoms with E-state index in [0.29, 0.717) is 16.9 Å². The summed E-state index contributed by atoms with van der Waals surface area (Å²) < 4.78 is 0.398. The second-order valence-electron chi connectivity index (χ2n) is 13.0. The Morgan fingerprint density at radius 3 is 1.24 bits per heavy atom. The number of likely N-dealkylation sites (tertiary alicyclic amines) is 2. The molecule has 3 heterocycles. The summed E-state index contributed by atoms with van der Waals surface area (Å²) in [7, 11) is 8.76. The normalized spacial score (nSPS) is 25.7. The number of hydrogen-bond donors (Lipinski definition) is 1. The number of piperidine rings is 2. The highest BCUT2D eigenvalue weighted by Gasteiger charge is 2.46. The van der Waals surface area contributed by atoms with Crippen molar-refractivity contribution in [3.63, 3.8) is 0 Å². The number of nitrogens with zero attached hydrogens (tertiary/aromatic N) is 6. The molecule has 1 aromatic rings. The third-order valence-corrected chi connectivity index (χ3v) is 9.15. The lowest BCUT2D eigenvalue weighted by Gasteiger charge is -2.55. The Balaban J connectivity index is 1.89. The van der Waals surface area contributed by atoms with Crippen molar-refractivity contribution in [2.45, 2.75) is 115 Å². The lowest BCUT2D eigenvalue weighted by molar-refractivity contribution is -0.0121. The average Bonchev–Trinajstić information content (AvgIpc) is 2.67. The number of H-pyrrole nitrogens is 1. The van der Waals surface area contributed by atoms with Gasteiger partial charge in [0.2, 0.25) is 16.7 Å². The van der Waals surface area contributed by atoms with Gasteiger partial charge in [0.15, 0.2) is 0 Å². The van der Waals surface area contributed by atoms with Gasteiger partial charge in [0.25, 0.3) is 0 Å². The van der Waals surface area contributed by atoms with Crippen molar-refractivity contribution in [3.8, 4) is 0 Å². The molecule has 1 N–H and O–H groups in total. The Labute approximate surface area is 207 Å². The molecule has 2 aliphatic rings. The van der Waals surface area contributed by atoms with Gasteiger partial charge in [0, 0.05) is 48.3 Å². The van der Waals surface area contributed by atoms with Crippen molar-refractivity contribution in [1.29, 1.82) is 0 Å². The maximum atomic E-state index is 5.53. The van der Waals surface area contributed by atoms with Gasteiger partial charge in [-0.25, -0.2) is 0 Å². The predicted molar refractivity (Wildman–Crippen MR) is 142 cm³/mol. The Morgan fingerprint density at radius 2 is 0.970 bits per heavy atom. The minimum absolute atomic E-state index is 0.107. The van der Waals surface area contributed by atoms with Gasteiger partial charge < -0.3 is 9.80 Å². The summed E-state index contributed by atoms with van der Waals surface area (Å²) in [5.41, 5.74) is 0.426. The zero-order valence-electron chi connectivity index (χ0n) is 23.1. The molecular weight excluding hydrogens is 430 g/mol. The van der Waals surface area contributed by atoms with Gasteiger partial charge in [-0.05, 0) is 107 Å². The van der Waals surface area contributed by atoms with E-state index in [-0.39, 0.29) is 22.2 Å². The third-order valence-electron chi connectivity index (χ3n) is 8.96. The van der Waals surface area contributed by atoms with Crippen LogP contribution in [0.2, 0.25) is 0 Å². The molecule has 7 nitrogen and oxygen atoms in total. The Kier molecular flexibility index (Phi) is 6.75. The number of nitrogens with one attached hydrogen (secondary N) is 1. The summed E-state index contributed by atoms with van der Waals surface area (Å²) in [6.07, 6.45) is 4.26. The second-order valence-corrected chi connectivity index (χ2v) is 13.4. The van der Waals surface area contributed by atoms with Crippen LogP contribution >= 0.6 is 12.2 Å². The SMILES string of the molecule is CN(c1nc(=S)nc(N(C)C2CC(C)(C)N(C)C(C)(C)C2)[nH]1)C1CC(C)(C)N(C)C(C)(C)C1. The summed E-state index contributed by atoms with van der Waals surface area (Å²) in [4.78, 5) is 22.4. The highest BCUT2D eigenvalue weighted by molar-refractivity contribution is 7.71. The van der Waals surface area contributed by atoms with E-state index in [9.17, 15) is 0 Å². The zero-order chi connectivity index (χ0) is 25.1. The molecule has 0 aliphatic carbocycles. The molecule has 2 saturated heterocycles. The lowest BCUT2D eigenvalue weighted by Crippen LogP contribution is -2.62. The number of aromatic amines is 1. The molecule has 0 atom stereocenters. The third kappa shape index (κ3) is 5.08. The molecule has 2 aliphatic heterocycles. The number of rotatable bonds is 4. The first kappa shape index (κ1) is 26.4. The van der Waals surface area contributed by atoms with Crippen molar-refractivity contribution in [2.24, 2.45) is 0 Å². The summed E-state index contributed by atoms with van der Waals surface area (Å²) in [5.74, 6) is 1.62. The molecule has 0 radical (unpaired) electrons. The monoisotopic (exact) mass is 477 g/mol. The summed E-state index contributed by atoms with van der Waals surface area (Å²) in [5, 5.41) is 0. The van der Waals surface area contributed by atoms with Crippen LogP contribution in [0.1, 0.15) is 81.1 Å². The van der Waals surface area contributed by atoms with Crippen LogP contribution in [0.5, 0.6) is 0 Å². The molecule has 8 heteroatoms. The van der Waals surface area contributed by atoms with Crippen molar-refractivity contribution in [1.82, 2.24) is 24.8 Å². The number of anilines is 2. The molecule has 0 aromatic carbocycles. The molecule has 1 aromatic heterocycles. The minimum atomic E-state index is 0.107. The van der Waals surface area contributed by atoms with E-state index in [1.807, 2.05) is 0 Å². The summed E-state index contributed by atoms with van der Waals surface area (Å²) in [6, 6.07) is 0.734. The quantitative estimate of drug-likeness (QED) is 0.630. The maximum Gasteiger partial charge on any atom is 0.225 e. The highest BCUT2D eigenvalue weighted by Crippen LogP contribution is 2.41. The smallest absolute Gasteiger partial charge is 0.225 e. The van der Waals surface area contributed by atoms with Crippen LogP contribution in [-0.2, 0) is 0 Å². The van der Waals surface area contributed by atoms with Crippen LogP contribution in [0.15, 0.2) is 0 Å². The summed E-state index contributed by atoms with van der Waals surface area (Å²) >= 11 is 5.53. The van der Waals surface area contributed by atoms with Gasteiger partial charge in [0.1, 0.15) is 0 Å². The van der Waals surface area contributed by atoms with E-state index in [4.69, 9.17) is 12.2 Å². The van der Waals surface area contributed by atoms with Crippen molar-refractivity contribution in [2.75, 3.05) is 38.0 Å². The van der Waals surface area contributed by atoms with Crippen molar-refractivity contribution in [3.05, 3.63) is 4.77 Å². The fourth-order valence-electron chi connectivity index (χ4n) is 6.23. The molecule has 2 fully saturated rings. The molecule has 0 saturated carbocycles. The van der Waals surface area contributed by atoms with E-state index >= 15 is 0 Å². The molecular formula is C25H47N7S. The number of hydrogen-bond acceptors (Lipinski definition) is 7. The Hall–Kier alpha value is -1.25. The van der Waals surface area contributed by atoms with E-state index < -0.39 is 0 Å². The first-order valence-corrected chi connectivity index (χ1v) is 12.7. The van der Waals surface area contributed by atoms with Crippen molar-refractivity contribution < 1.29 is 0 Å². The van der Waals surface area contributed by atoms with Crippen LogP contribution in [0, 0.1) is 4.77 Å². The van der Waals surface area contributed by atoms with Gasteiger partial charge in [-0.2, -0.15) is 9.97 Å². The van der Waals surface area contributed by atoms with Crippen LogP contribution in [0.4, 0.5) is 11.9 Å². The largest absolute Gasteiger partial charge is 0.342 e. The number of aromatic nitrogens is 3. The Morgan fingerprint density at radius 1 is 0.697 bits per heavy atom. The highest BCUT2D eigenvalue weighted by atomic mass is 32.1. The molecule has 188 valence electrons. The fourth-order valence-corrected chi connectivity index (χ4v) is 6.40. The first-order chi connectivity index (χ1) is 14.9. The van der Waals surface area contributed by atoms with Crippen LogP contribution in [-0.4, -0.2) is 87.2 Å². The second kappa shape index (κ2) is 8.45. The zero-order valence-corrected chi connectivity index (χ0v) is 23.9. The molecule has 33 heavy (non-hydrogen) atoms. The molecule has 0 unspecified atom stereocenters. The van der Waals surface area contributed by atoms with Crippen LogP contribution in [0.25, 0.3) is 0 Å². The maximum absolute atomic E-state index is 5.53. The molecule has 3 rings (SSSR count). The van der Waals surface area contributed by atoms with Crippen LogP contribution < -0.4 is 9.80 Å². The van der Waals surface area contributed by atoms with Gasteiger partial charge in [-0.1, -0.05) is 0 Å². The van der Waals surface area contributed by atoms with Gasteiger partial charge in [-0.3, -0.25) is 14.8 Å². The standard InChI is InChI=1S/C25H47N7S/c1-22(2)13-17(14-23(3,4)31(22)11)29(9)19-26-20(28-21(33)27-19)30(10)18-15-24(5,6)32(12)25(7,8)16-18/h17-18H,13-16H2,1-12H3,(H,26,27,28,33). The van der Waals surface area contributed by atoms with Crippen LogP contribution in [0.3, 0.4) is 0 Å². The van der Waals surface area contributed by atoms with E-state index in [1.54, 1.807) is 0 Å². The topological polar surface area (TPSA) is 54.5 Å². The average molecular weight is 478 g/mol. The van der Waals surface area contributed by atoms with Crippen molar-refractivity contribution >= 4 is 24.1 Å². The van der Waals surface area contributed by atoms with E-state index in [1.165, 1.54) is 0 Å². The predicted octanol–water partition coefficient (Wildman–Crippen LogP) is 4.71. The summed E-state index contributed by atoms with van der Waals surface area (Å²) in [6.45, 7) is 18.7. The minimum Gasteiger partial charge on any atom is -0.342 e. The molecule has 0 amide bonds.